The molecule has 0 atom stereocenters. The Morgan fingerprint density at radius 3 is 2.50 bits per heavy atom. The highest BCUT2D eigenvalue weighted by Crippen LogP contribution is 2.29. The Labute approximate surface area is 223 Å². The van der Waals surface area contributed by atoms with Gasteiger partial charge in [0, 0.05) is 62.2 Å². The number of anilines is 2. The van der Waals surface area contributed by atoms with Gasteiger partial charge in [-0.15, -0.1) is 0 Å². The first-order valence-electron chi connectivity index (χ1n) is 12.5. The number of likely N-dealkylation sites (N-methyl/N-ethyl adjacent to an activating group) is 1. The second-order valence-corrected chi connectivity index (χ2v) is 9.06. The summed E-state index contributed by atoms with van der Waals surface area (Å²) in [4.78, 5) is 28.7. The van der Waals surface area contributed by atoms with E-state index in [0.717, 1.165) is 43.2 Å². The lowest BCUT2D eigenvalue weighted by Crippen LogP contribution is -2.44. The number of para-hydroxylation sites is 1. The Hall–Kier alpha value is -4.30. The van der Waals surface area contributed by atoms with E-state index in [-0.39, 0.29) is 5.91 Å². The topological polar surface area (TPSA) is 80.3 Å². The standard InChI is InChI=1S/C30H33N3O5/c1-22(34)38-29-19-23(11-13-28(29)36-3)12-14-30(35)31-27-10-5-4-7-24(27)21-37-26-9-6-8-25(20-26)33-17-15-32(2)16-18-33/h4-14,19-20H,15-18,21H2,1-3H3,(H,31,35). The van der Waals surface area contributed by atoms with Crippen molar-refractivity contribution in [3.63, 3.8) is 0 Å². The molecule has 38 heavy (non-hydrogen) atoms. The van der Waals surface area contributed by atoms with Crippen LogP contribution in [0.15, 0.2) is 72.8 Å². The van der Waals surface area contributed by atoms with Crippen LogP contribution in [0.3, 0.4) is 0 Å². The zero-order valence-electron chi connectivity index (χ0n) is 22.0. The van der Waals surface area contributed by atoms with Gasteiger partial charge in [-0.2, -0.15) is 0 Å². The average Bonchev–Trinajstić information content (AvgIpc) is 2.92. The summed E-state index contributed by atoms with van der Waals surface area (Å²) in [6.45, 7) is 5.70. The number of ether oxygens (including phenoxy) is 3. The molecule has 1 N–H and O–H groups in total. The van der Waals surface area contributed by atoms with E-state index in [2.05, 4.69) is 34.3 Å². The van der Waals surface area contributed by atoms with Crippen LogP contribution in [0.5, 0.6) is 17.2 Å². The van der Waals surface area contributed by atoms with Crippen LogP contribution in [0.25, 0.3) is 6.08 Å². The quantitative estimate of drug-likeness (QED) is 0.253. The zero-order valence-corrected chi connectivity index (χ0v) is 22.0. The summed E-state index contributed by atoms with van der Waals surface area (Å²) in [5.41, 5.74) is 3.38. The van der Waals surface area contributed by atoms with Gasteiger partial charge in [0.05, 0.1) is 7.11 Å². The predicted octanol–water partition coefficient (Wildman–Crippen LogP) is 4.60. The van der Waals surface area contributed by atoms with Crippen molar-refractivity contribution in [1.29, 1.82) is 0 Å². The molecule has 198 valence electrons. The van der Waals surface area contributed by atoms with Gasteiger partial charge < -0.3 is 29.3 Å². The highest BCUT2D eigenvalue weighted by molar-refractivity contribution is 6.02. The van der Waals surface area contributed by atoms with E-state index < -0.39 is 5.97 Å². The Bertz CT molecular complexity index is 1300. The fraction of sp³-hybridized carbons (Fsp3) is 0.267. The number of carbonyl (C=O) groups is 2. The molecule has 1 heterocycles. The number of rotatable bonds is 9. The molecule has 0 unspecified atom stereocenters. The molecular formula is C30H33N3O5. The van der Waals surface area contributed by atoms with Gasteiger partial charge in [0.25, 0.3) is 0 Å². The molecule has 0 saturated carbocycles. The average molecular weight is 516 g/mol. The zero-order chi connectivity index (χ0) is 26.9. The van der Waals surface area contributed by atoms with Crippen LogP contribution < -0.4 is 24.4 Å². The van der Waals surface area contributed by atoms with Gasteiger partial charge in [-0.05, 0) is 49.0 Å². The lowest BCUT2D eigenvalue weighted by atomic mass is 10.1. The molecule has 3 aromatic carbocycles. The maximum absolute atomic E-state index is 12.7. The molecule has 3 aromatic rings. The highest BCUT2D eigenvalue weighted by Gasteiger charge is 2.15. The first-order chi connectivity index (χ1) is 18.4. The fourth-order valence-corrected chi connectivity index (χ4v) is 4.14. The van der Waals surface area contributed by atoms with Crippen LogP contribution in [0.4, 0.5) is 11.4 Å². The minimum absolute atomic E-state index is 0.292. The number of esters is 1. The largest absolute Gasteiger partial charge is 0.493 e. The molecule has 0 aromatic heterocycles. The fourth-order valence-electron chi connectivity index (χ4n) is 4.14. The molecule has 1 fully saturated rings. The maximum atomic E-state index is 12.7. The smallest absolute Gasteiger partial charge is 0.308 e. The van der Waals surface area contributed by atoms with E-state index in [0.29, 0.717) is 29.4 Å². The first kappa shape index (κ1) is 26.8. The molecule has 8 nitrogen and oxygen atoms in total. The van der Waals surface area contributed by atoms with E-state index >= 15 is 0 Å². The summed E-state index contributed by atoms with van der Waals surface area (Å²) in [5, 5.41) is 2.92. The number of hydrogen-bond donors (Lipinski definition) is 1. The molecule has 1 aliphatic rings. The predicted molar refractivity (Wildman–Crippen MR) is 149 cm³/mol. The summed E-state index contributed by atoms with van der Waals surface area (Å²) >= 11 is 0. The normalized spacial score (nSPS) is 13.8. The molecule has 0 radical (unpaired) electrons. The van der Waals surface area contributed by atoms with Crippen LogP contribution in [0.1, 0.15) is 18.1 Å². The van der Waals surface area contributed by atoms with Crippen molar-refractivity contribution >= 4 is 29.3 Å². The van der Waals surface area contributed by atoms with Gasteiger partial charge in [-0.25, -0.2) is 0 Å². The molecule has 4 rings (SSSR count). The van der Waals surface area contributed by atoms with Gasteiger partial charge in [0.2, 0.25) is 5.91 Å². The van der Waals surface area contributed by atoms with Crippen molar-refractivity contribution in [2.45, 2.75) is 13.5 Å². The molecule has 0 aliphatic carbocycles. The molecule has 8 heteroatoms. The number of methoxy groups -OCH3 is 1. The van der Waals surface area contributed by atoms with Gasteiger partial charge in [-0.1, -0.05) is 30.3 Å². The Kier molecular flexibility index (Phi) is 9.00. The third kappa shape index (κ3) is 7.36. The number of piperazine rings is 1. The van der Waals surface area contributed by atoms with Crippen molar-refractivity contribution in [1.82, 2.24) is 4.90 Å². The maximum Gasteiger partial charge on any atom is 0.308 e. The Morgan fingerprint density at radius 1 is 0.947 bits per heavy atom. The monoisotopic (exact) mass is 515 g/mol. The Balaban J connectivity index is 1.38. The van der Waals surface area contributed by atoms with Gasteiger partial charge in [-0.3, -0.25) is 9.59 Å². The molecule has 0 spiro atoms. The second-order valence-electron chi connectivity index (χ2n) is 9.06. The minimum Gasteiger partial charge on any atom is -0.493 e. The van der Waals surface area contributed by atoms with Gasteiger partial charge in [0.15, 0.2) is 11.5 Å². The van der Waals surface area contributed by atoms with E-state index in [1.165, 1.54) is 20.1 Å². The third-order valence-corrected chi connectivity index (χ3v) is 6.22. The SMILES string of the molecule is COc1ccc(C=CC(=O)Nc2ccccc2COc2cccc(N3CCN(C)CC3)c2)cc1OC(C)=O. The number of nitrogens with zero attached hydrogens (tertiary/aromatic N) is 2. The first-order valence-corrected chi connectivity index (χ1v) is 12.5. The Morgan fingerprint density at radius 2 is 1.74 bits per heavy atom. The molecule has 1 saturated heterocycles. The highest BCUT2D eigenvalue weighted by atomic mass is 16.6. The summed E-state index contributed by atoms with van der Waals surface area (Å²) in [6.07, 6.45) is 3.07. The summed E-state index contributed by atoms with van der Waals surface area (Å²) in [5.74, 6) is 0.767. The van der Waals surface area contributed by atoms with Crippen LogP contribution in [0.2, 0.25) is 0 Å². The number of carbonyl (C=O) groups excluding carboxylic acids is 2. The van der Waals surface area contributed by atoms with E-state index in [9.17, 15) is 9.59 Å². The third-order valence-electron chi connectivity index (χ3n) is 6.22. The van der Waals surface area contributed by atoms with Crippen molar-refractivity contribution in [2.24, 2.45) is 0 Å². The second kappa shape index (κ2) is 12.8. The van der Waals surface area contributed by atoms with Crippen molar-refractivity contribution < 1.29 is 23.8 Å². The van der Waals surface area contributed by atoms with Gasteiger partial charge in [0.1, 0.15) is 12.4 Å². The molecule has 1 amide bonds. The summed E-state index contributed by atoms with van der Waals surface area (Å²) < 4.78 is 16.5. The number of hydrogen-bond acceptors (Lipinski definition) is 7. The molecule has 0 bridgehead atoms. The summed E-state index contributed by atoms with van der Waals surface area (Å²) in [6, 6.07) is 20.8. The summed E-state index contributed by atoms with van der Waals surface area (Å²) in [7, 11) is 3.64. The van der Waals surface area contributed by atoms with E-state index in [1.807, 2.05) is 36.4 Å². The van der Waals surface area contributed by atoms with Crippen molar-refractivity contribution in [2.75, 3.05) is 50.6 Å². The van der Waals surface area contributed by atoms with Crippen LogP contribution in [-0.4, -0.2) is 57.1 Å². The lowest BCUT2D eigenvalue weighted by molar-refractivity contribution is -0.132. The van der Waals surface area contributed by atoms with Crippen molar-refractivity contribution in [3.05, 3.63) is 83.9 Å². The minimum atomic E-state index is -0.452. The van der Waals surface area contributed by atoms with Gasteiger partial charge >= 0.3 is 5.97 Å². The lowest BCUT2D eigenvalue weighted by Gasteiger charge is -2.34. The van der Waals surface area contributed by atoms with Crippen LogP contribution in [-0.2, 0) is 16.2 Å². The van der Waals surface area contributed by atoms with E-state index in [4.69, 9.17) is 14.2 Å². The van der Waals surface area contributed by atoms with Crippen LogP contribution in [0, 0.1) is 0 Å². The van der Waals surface area contributed by atoms with Crippen LogP contribution >= 0.6 is 0 Å². The number of nitrogens with one attached hydrogen (secondary N) is 1. The van der Waals surface area contributed by atoms with Crippen molar-refractivity contribution in [3.8, 4) is 17.2 Å². The number of amides is 1. The van der Waals surface area contributed by atoms with E-state index in [1.54, 1.807) is 24.3 Å². The molecule has 1 aliphatic heterocycles. The molecular weight excluding hydrogens is 482 g/mol. The number of benzene rings is 3.